The number of alkyl halides is 1. The molecule has 0 saturated carbocycles. The molecule has 21 rings (SSSR count). The average molecular weight is 1410 g/mol. The van der Waals surface area contributed by atoms with Gasteiger partial charge in [-0.05, 0) is 286 Å². The highest BCUT2D eigenvalue weighted by Crippen LogP contribution is 2.92. The molecule has 6 atom stereocenters. The van der Waals surface area contributed by atoms with Gasteiger partial charge in [-0.15, -0.1) is 11.6 Å². The molecule has 0 saturated heterocycles. The molecule has 11 heteroatoms. The van der Waals surface area contributed by atoms with Crippen LogP contribution in [0.15, 0.2) is 204 Å². The summed E-state index contributed by atoms with van der Waals surface area (Å²) in [5.41, 5.74) is 35.5. The molecule has 0 fully saturated rings. The maximum atomic E-state index is 11.9. The molecule has 11 aliphatic rings. The highest BCUT2D eigenvalue weighted by molar-refractivity contribution is 6.35. The van der Waals surface area contributed by atoms with E-state index in [1.165, 1.54) is 134 Å². The summed E-state index contributed by atoms with van der Waals surface area (Å²) in [4.78, 5) is 58.2. The fourth-order valence-electron chi connectivity index (χ4n) is 23.7. The highest BCUT2D eigenvalue weighted by atomic mass is 35.5. The molecule has 0 bridgehead atoms. The first-order valence-electron chi connectivity index (χ1n) is 38.3. The number of fused-ring (bicyclic) bond motifs is 5. The summed E-state index contributed by atoms with van der Waals surface area (Å²) in [6.07, 6.45) is 10.6. The molecule has 106 heavy (non-hydrogen) atoms. The number of carboxylic acids is 5. The van der Waals surface area contributed by atoms with Crippen LogP contribution in [0, 0.1) is 0 Å². The summed E-state index contributed by atoms with van der Waals surface area (Å²) < 4.78 is 0. The minimum atomic E-state index is -1.45. The van der Waals surface area contributed by atoms with E-state index in [0.717, 1.165) is 113 Å². The second kappa shape index (κ2) is 22.2. The SMILES string of the molecule is O=C(O)CCCCc1ccc(C23c4c5ccc6c4[C@@]4(c7ccc(CCCCC(=O)O)cc7)C7=C8C9=C(C72Cl)[C@@]2(c7ccc(CCCCC(=O)O)cc7)c7c(ccc-5c73)-c3ccc5c(c32)[C@@]9(c2ccc(CCCCC(=O)O)cc2)c2c-5ccc3c2[C@@]8(c2ccc(CCCCC(=O)O)cc2)c2c-3ccc-6c24)cc1. The number of carbonyl (C=O) groups is 5. The standard InChI is InChI=1S/C95H75ClO10/c96-95-88-86-87-89(95)93(59-37-27-54(28-38-59)14-4-9-19-74(103)104)81-66-46-44-64-62-42-41-61-63-43-45-65-67-47-49-69-70-50-48-68(66)83(93)85(70)94(95,60-39-29-55(30-40-60)15-5-10-20-75(105)106)84(69)82(67)92(88,58-35-25-53(26-36-58)13-3-8-18-73(101)102)80(65)78(63)90(86,56-31-21-51(22-32-56)11-1-6-16-71(97)98)76(61)77(62)91(87,79(64)81)57-33-23-52(24-34-57)12-2-7-17-72(99)100/h21-50H,1-20H2,(H,97,98)(H,99,100)(H,101,102)(H,103,104)(H,105,106)/t90-,91+,92-,93+,94?,95?. The minimum absolute atomic E-state index is 0.105. The zero-order valence-electron chi connectivity index (χ0n) is 58.6. The van der Waals surface area contributed by atoms with Crippen molar-refractivity contribution >= 4 is 41.4 Å². The minimum Gasteiger partial charge on any atom is -0.481 e. The lowest BCUT2D eigenvalue weighted by molar-refractivity contribution is -0.138. The topological polar surface area (TPSA) is 186 Å². The predicted molar refractivity (Wildman–Crippen MR) is 407 cm³/mol. The highest BCUT2D eigenvalue weighted by Gasteiger charge is 2.86. The number of rotatable bonds is 30. The van der Waals surface area contributed by atoms with Crippen molar-refractivity contribution in [2.45, 2.75) is 160 Å². The molecule has 0 aliphatic heterocycles. The van der Waals surface area contributed by atoms with Crippen LogP contribution in [0.1, 0.15) is 208 Å². The molecular formula is C95H75ClO10. The zero-order valence-corrected chi connectivity index (χ0v) is 59.4. The number of aliphatic carboxylic acids is 5. The van der Waals surface area contributed by atoms with E-state index >= 15 is 0 Å². The lowest BCUT2D eigenvalue weighted by atomic mass is 9.40. The first-order chi connectivity index (χ1) is 51.6. The summed E-state index contributed by atoms with van der Waals surface area (Å²) in [6.45, 7) is 0. The first-order valence-corrected chi connectivity index (χ1v) is 38.7. The van der Waals surface area contributed by atoms with E-state index in [1.54, 1.807) is 0 Å². The molecule has 0 radical (unpaired) electrons. The molecule has 522 valence electrons. The number of halogens is 1. The van der Waals surface area contributed by atoms with Crippen LogP contribution in [-0.4, -0.2) is 60.3 Å². The molecule has 0 aromatic heterocycles. The monoisotopic (exact) mass is 1410 g/mol. The van der Waals surface area contributed by atoms with Crippen molar-refractivity contribution in [2.75, 3.05) is 0 Å². The van der Waals surface area contributed by atoms with E-state index in [9.17, 15) is 61.1 Å². The van der Waals surface area contributed by atoms with Gasteiger partial charge in [-0.1, -0.05) is 182 Å². The van der Waals surface area contributed by atoms with Gasteiger partial charge in [0, 0.05) is 32.1 Å². The van der Waals surface area contributed by atoms with Gasteiger partial charge in [0.25, 0.3) is 0 Å². The fraction of sp³-hybridized carbons (Fsp3) is 0.274. The number of hydrogen-bond donors (Lipinski definition) is 5. The van der Waals surface area contributed by atoms with Crippen molar-refractivity contribution in [2.24, 2.45) is 0 Å². The van der Waals surface area contributed by atoms with Gasteiger partial charge in [-0.25, -0.2) is 0 Å². The Morgan fingerprint density at radius 3 is 0.651 bits per heavy atom. The third-order valence-electron chi connectivity index (χ3n) is 27.1. The molecule has 2 unspecified atom stereocenters. The van der Waals surface area contributed by atoms with Crippen LogP contribution >= 0.6 is 11.6 Å². The number of allylic oxidation sites excluding steroid dienone is 4. The Morgan fingerprint density at radius 1 is 0.236 bits per heavy atom. The summed E-state index contributed by atoms with van der Waals surface area (Å²) in [5.74, 6) is -3.97. The summed E-state index contributed by atoms with van der Waals surface area (Å²) in [6, 6.07) is 71.6. The zero-order chi connectivity index (χ0) is 71.9. The number of benzene rings is 10. The first kappa shape index (κ1) is 63.8. The third-order valence-corrected chi connectivity index (χ3v) is 27.8. The third kappa shape index (κ3) is 7.47. The van der Waals surface area contributed by atoms with Crippen molar-refractivity contribution in [1.29, 1.82) is 0 Å². The van der Waals surface area contributed by atoms with Gasteiger partial charge >= 0.3 is 29.8 Å². The number of hydrogen-bond acceptors (Lipinski definition) is 5. The molecular weight excluding hydrogens is 1340 g/mol. The van der Waals surface area contributed by atoms with Crippen molar-refractivity contribution in [3.8, 4) is 55.6 Å². The Kier molecular flexibility index (Phi) is 13.4. The Labute approximate surface area is 618 Å². The second-order valence-electron chi connectivity index (χ2n) is 32.0. The van der Waals surface area contributed by atoms with Crippen LogP contribution < -0.4 is 0 Å². The Bertz CT molecular complexity index is 5460. The van der Waals surface area contributed by atoms with Crippen LogP contribution in [0.5, 0.6) is 0 Å². The molecule has 11 aliphatic carbocycles. The largest absolute Gasteiger partial charge is 0.481 e. The van der Waals surface area contributed by atoms with Crippen LogP contribution in [0.4, 0.5) is 0 Å². The Balaban J connectivity index is 0.956. The van der Waals surface area contributed by atoms with Crippen molar-refractivity contribution in [3.63, 3.8) is 0 Å². The Morgan fingerprint density at radius 2 is 0.425 bits per heavy atom. The van der Waals surface area contributed by atoms with Crippen molar-refractivity contribution in [3.05, 3.63) is 316 Å². The molecule has 10 aromatic rings. The smallest absolute Gasteiger partial charge is 0.303 e. The molecule has 10 aromatic carbocycles. The number of carboxylic acid groups (broad SMARTS) is 5. The summed E-state index contributed by atoms with van der Waals surface area (Å²) >= 11 is 10.7. The lowest BCUT2D eigenvalue weighted by Gasteiger charge is -2.64. The maximum Gasteiger partial charge on any atom is 0.303 e. The van der Waals surface area contributed by atoms with Gasteiger partial charge in [0.05, 0.1) is 27.1 Å². The van der Waals surface area contributed by atoms with Gasteiger partial charge in [0.15, 0.2) is 0 Å². The molecule has 0 spiro atoms. The predicted octanol–water partition coefficient (Wildman–Crippen LogP) is 19.2. The van der Waals surface area contributed by atoms with Crippen molar-refractivity contribution in [1.82, 2.24) is 0 Å². The van der Waals surface area contributed by atoms with E-state index in [-0.39, 0.29) is 32.1 Å². The lowest BCUT2D eigenvalue weighted by Crippen LogP contribution is -2.65. The van der Waals surface area contributed by atoms with Crippen LogP contribution in [0.2, 0.25) is 0 Å². The van der Waals surface area contributed by atoms with E-state index in [2.05, 4.69) is 182 Å². The fourth-order valence-corrected chi connectivity index (χ4v) is 24.5. The van der Waals surface area contributed by atoms with E-state index in [1.807, 2.05) is 0 Å². The summed E-state index contributed by atoms with van der Waals surface area (Å²) in [5, 5.41) is 48.9. The van der Waals surface area contributed by atoms with Gasteiger partial charge in [-0.2, -0.15) is 0 Å². The average Bonchev–Trinajstić information content (AvgIpc) is 1.39. The van der Waals surface area contributed by atoms with Crippen LogP contribution in [0.25, 0.3) is 55.6 Å². The number of unbranched alkanes of at least 4 members (excludes halogenated alkanes) is 5. The molecule has 0 amide bonds. The van der Waals surface area contributed by atoms with Gasteiger partial charge in [0.2, 0.25) is 0 Å². The normalized spacial score (nSPS) is 22.9. The van der Waals surface area contributed by atoms with Crippen LogP contribution in [-0.2, 0) is 83.2 Å². The second-order valence-corrected chi connectivity index (χ2v) is 32.5. The number of aryl methyl sites for hydroxylation is 5. The van der Waals surface area contributed by atoms with Crippen molar-refractivity contribution < 1.29 is 49.5 Å². The quantitative estimate of drug-likeness (QED) is 0.0214. The van der Waals surface area contributed by atoms with E-state index < -0.39 is 61.8 Å². The van der Waals surface area contributed by atoms with Crippen LogP contribution in [0.3, 0.4) is 0 Å². The van der Waals surface area contributed by atoms with Gasteiger partial charge in [-0.3, -0.25) is 24.0 Å². The van der Waals surface area contributed by atoms with Gasteiger partial charge < -0.3 is 25.5 Å². The summed E-state index contributed by atoms with van der Waals surface area (Å²) in [7, 11) is 0. The Hall–Kier alpha value is -10.7. The molecule has 10 nitrogen and oxygen atoms in total. The maximum absolute atomic E-state index is 11.9. The van der Waals surface area contributed by atoms with Gasteiger partial charge in [0.1, 0.15) is 4.87 Å². The van der Waals surface area contributed by atoms with E-state index in [0.29, 0.717) is 38.5 Å². The molecule has 0 heterocycles. The molecule has 5 N–H and O–H groups in total. The van der Waals surface area contributed by atoms with E-state index in [4.69, 9.17) is 0 Å².